The molecule has 0 spiro atoms. The molecule has 0 unspecified atom stereocenters. The first-order chi connectivity index (χ1) is 13.3. The van der Waals surface area contributed by atoms with Crippen molar-refractivity contribution in [2.24, 2.45) is 0 Å². The fourth-order valence-corrected chi connectivity index (χ4v) is 3.61. The SMILES string of the molecule is Cc1cc(C(F)(F)F)c2c(C3CCN(C(=O)c4ccccn4)CC3)noc2n1. The molecule has 3 aromatic rings. The van der Waals surface area contributed by atoms with Crippen molar-refractivity contribution in [1.29, 1.82) is 0 Å². The summed E-state index contributed by atoms with van der Waals surface area (Å²) < 4.78 is 45.7. The average Bonchev–Trinajstić information content (AvgIpc) is 3.10. The zero-order chi connectivity index (χ0) is 19.9. The second kappa shape index (κ2) is 6.88. The number of piperidine rings is 1. The molecule has 1 amide bonds. The third-order valence-corrected chi connectivity index (χ3v) is 4.96. The number of hydrogen-bond acceptors (Lipinski definition) is 5. The monoisotopic (exact) mass is 390 g/mol. The summed E-state index contributed by atoms with van der Waals surface area (Å²) in [6.07, 6.45) is -1.99. The topological polar surface area (TPSA) is 72.1 Å². The first kappa shape index (κ1) is 18.4. The molecule has 0 N–H and O–H groups in total. The van der Waals surface area contributed by atoms with Gasteiger partial charge in [0.1, 0.15) is 5.69 Å². The van der Waals surface area contributed by atoms with Crippen LogP contribution in [0.15, 0.2) is 35.0 Å². The maximum atomic E-state index is 13.5. The molecular formula is C19H17F3N4O2. The third kappa shape index (κ3) is 3.32. The molecule has 3 aromatic heterocycles. The Kier molecular flexibility index (Phi) is 4.52. The number of halogens is 3. The van der Waals surface area contributed by atoms with Gasteiger partial charge in [-0.3, -0.25) is 9.78 Å². The summed E-state index contributed by atoms with van der Waals surface area (Å²) in [5.41, 5.74) is -0.0440. The van der Waals surface area contributed by atoms with Crippen molar-refractivity contribution in [1.82, 2.24) is 20.0 Å². The van der Waals surface area contributed by atoms with Crippen molar-refractivity contribution < 1.29 is 22.5 Å². The number of nitrogens with zero attached hydrogens (tertiary/aromatic N) is 4. The lowest BCUT2D eigenvalue weighted by molar-refractivity contribution is -0.136. The van der Waals surface area contributed by atoms with Gasteiger partial charge >= 0.3 is 6.18 Å². The summed E-state index contributed by atoms with van der Waals surface area (Å²) in [5, 5.41) is 3.83. The van der Waals surface area contributed by atoms with E-state index >= 15 is 0 Å². The second-order valence-electron chi connectivity index (χ2n) is 6.84. The molecule has 4 heterocycles. The molecule has 0 saturated carbocycles. The molecule has 9 heteroatoms. The van der Waals surface area contributed by atoms with Crippen LogP contribution in [0, 0.1) is 6.92 Å². The first-order valence-corrected chi connectivity index (χ1v) is 8.89. The van der Waals surface area contributed by atoms with Crippen molar-refractivity contribution >= 4 is 17.0 Å². The fourth-order valence-electron chi connectivity index (χ4n) is 3.61. The van der Waals surface area contributed by atoms with Gasteiger partial charge in [0, 0.05) is 30.9 Å². The van der Waals surface area contributed by atoms with Gasteiger partial charge in [-0.2, -0.15) is 13.2 Å². The number of aryl methyl sites for hydroxylation is 1. The van der Waals surface area contributed by atoms with Crippen LogP contribution < -0.4 is 0 Å². The standard InChI is InChI=1S/C19H17F3N4O2/c1-11-10-13(19(20,21)22)15-16(25-28-17(15)24-11)12-5-8-26(9-6-12)18(27)14-4-2-3-7-23-14/h2-4,7,10,12H,5-6,8-9H2,1H3. The highest BCUT2D eigenvalue weighted by molar-refractivity contribution is 5.92. The largest absolute Gasteiger partial charge is 0.417 e. The predicted octanol–water partition coefficient (Wildman–Crippen LogP) is 3.96. The summed E-state index contributed by atoms with van der Waals surface area (Å²) in [4.78, 5) is 22.3. The third-order valence-electron chi connectivity index (χ3n) is 4.96. The van der Waals surface area contributed by atoms with E-state index < -0.39 is 11.7 Å². The molecule has 146 valence electrons. The van der Waals surface area contributed by atoms with Crippen molar-refractivity contribution in [3.8, 4) is 0 Å². The number of carbonyl (C=O) groups excluding carboxylic acids is 1. The summed E-state index contributed by atoms with van der Waals surface area (Å²) in [5.74, 6) is -0.419. The normalized spacial score (nSPS) is 15.9. The van der Waals surface area contributed by atoms with Gasteiger partial charge in [-0.05, 0) is 38.0 Å². The van der Waals surface area contributed by atoms with Crippen LogP contribution in [0.25, 0.3) is 11.1 Å². The second-order valence-corrected chi connectivity index (χ2v) is 6.84. The van der Waals surface area contributed by atoms with Crippen molar-refractivity contribution in [2.45, 2.75) is 31.9 Å². The van der Waals surface area contributed by atoms with E-state index in [0.717, 1.165) is 6.07 Å². The van der Waals surface area contributed by atoms with Crippen LogP contribution >= 0.6 is 0 Å². The Morgan fingerprint density at radius 1 is 1.25 bits per heavy atom. The lowest BCUT2D eigenvalue weighted by atomic mass is 9.90. The van der Waals surface area contributed by atoms with Crippen LogP contribution in [0.1, 0.15) is 46.2 Å². The van der Waals surface area contributed by atoms with Crippen LogP contribution in [0.3, 0.4) is 0 Å². The molecule has 1 fully saturated rings. The van der Waals surface area contributed by atoms with Gasteiger partial charge in [-0.15, -0.1) is 0 Å². The molecule has 0 radical (unpaired) electrons. The zero-order valence-corrected chi connectivity index (χ0v) is 15.0. The molecular weight excluding hydrogens is 373 g/mol. The number of hydrogen-bond donors (Lipinski definition) is 0. The van der Waals surface area contributed by atoms with Gasteiger partial charge < -0.3 is 9.42 Å². The Bertz CT molecular complexity index is 1010. The van der Waals surface area contributed by atoms with E-state index in [1.807, 2.05) is 0 Å². The molecule has 1 aliphatic rings. The smallest absolute Gasteiger partial charge is 0.337 e. The van der Waals surface area contributed by atoms with Crippen molar-refractivity contribution in [3.63, 3.8) is 0 Å². The highest BCUT2D eigenvalue weighted by Gasteiger charge is 2.37. The van der Waals surface area contributed by atoms with Gasteiger partial charge in [0.15, 0.2) is 0 Å². The minimum Gasteiger partial charge on any atom is -0.337 e. The van der Waals surface area contributed by atoms with E-state index in [1.165, 1.54) is 6.92 Å². The Morgan fingerprint density at radius 3 is 2.64 bits per heavy atom. The minimum absolute atomic E-state index is 0.0763. The highest BCUT2D eigenvalue weighted by Crippen LogP contribution is 2.40. The van der Waals surface area contributed by atoms with Gasteiger partial charge in [0.05, 0.1) is 16.6 Å². The highest BCUT2D eigenvalue weighted by atomic mass is 19.4. The Morgan fingerprint density at radius 2 is 2.00 bits per heavy atom. The Hall–Kier alpha value is -2.97. The van der Waals surface area contributed by atoms with Gasteiger partial charge in [-0.25, -0.2) is 4.98 Å². The number of fused-ring (bicyclic) bond motifs is 1. The molecule has 1 aliphatic heterocycles. The predicted molar refractivity (Wildman–Crippen MR) is 93.7 cm³/mol. The number of aromatic nitrogens is 3. The quantitative estimate of drug-likeness (QED) is 0.662. The molecule has 28 heavy (non-hydrogen) atoms. The maximum absolute atomic E-state index is 13.5. The van der Waals surface area contributed by atoms with Gasteiger partial charge in [-0.1, -0.05) is 11.2 Å². The Balaban J connectivity index is 1.59. The van der Waals surface area contributed by atoms with Gasteiger partial charge in [0.2, 0.25) is 0 Å². The number of amides is 1. The van der Waals surface area contributed by atoms with Crippen molar-refractivity contribution in [3.05, 3.63) is 53.1 Å². The van der Waals surface area contributed by atoms with Crippen LogP contribution in [0.2, 0.25) is 0 Å². The lowest BCUT2D eigenvalue weighted by Gasteiger charge is -2.31. The van der Waals surface area contributed by atoms with Gasteiger partial charge in [0.25, 0.3) is 11.6 Å². The average molecular weight is 390 g/mol. The lowest BCUT2D eigenvalue weighted by Crippen LogP contribution is -2.38. The maximum Gasteiger partial charge on any atom is 0.417 e. The number of pyridine rings is 2. The Labute approximate surface area is 158 Å². The molecule has 0 atom stereocenters. The van der Waals surface area contributed by atoms with Crippen LogP contribution in [0.4, 0.5) is 13.2 Å². The summed E-state index contributed by atoms with van der Waals surface area (Å²) in [6, 6.07) is 6.13. The molecule has 0 aromatic carbocycles. The van der Waals surface area contributed by atoms with E-state index in [9.17, 15) is 18.0 Å². The van der Waals surface area contributed by atoms with E-state index in [-0.39, 0.29) is 34.3 Å². The molecule has 1 saturated heterocycles. The van der Waals surface area contributed by atoms with Crippen LogP contribution in [0.5, 0.6) is 0 Å². The number of likely N-dealkylation sites (tertiary alicyclic amines) is 1. The molecule has 4 rings (SSSR count). The summed E-state index contributed by atoms with van der Waals surface area (Å²) >= 11 is 0. The fraction of sp³-hybridized carbons (Fsp3) is 0.368. The molecule has 6 nitrogen and oxygen atoms in total. The van der Waals surface area contributed by atoms with E-state index in [4.69, 9.17) is 4.52 Å². The number of alkyl halides is 3. The first-order valence-electron chi connectivity index (χ1n) is 8.89. The van der Waals surface area contributed by atoms with Crippen molar-refractivity contribution in [2.75, 3.05) is 13.1 Å². The molecule has 0 bridgehead atoms. The summed E-state index contributed by atoms with van der Waals surface area (Å²) in [7, 11) is 0. The van der Waals surface area contributed by atoms with E-state index in [2.05, 4.69) is 15.1 Å². The van der Waals surface area contributed by atoms with Crippen LogP contribution in [-0.2, 0) is 6.18 Å². The molecule has 0 aliphatic carbocycles. The zero-order valence-electron chi connectivity index (χ0n) is 15.0. The summed E-state index contributed by atoms with van der Waals surface area (Å²) in [6.45, 7) is 2.31. The minimum atomic E-state index is -4.53. The van der Waals surface area contributed by atoms with E-state index in [0.29, 0.717) is 31.6 Å². The number of rotatable bonds is 2. The van der Waals surface area contributed by atoms with Crippen LogP contribution in [-0.4, -0.2) is 39.0 Å². The van der Waals surface area contributed by atoms with E-state index in [1.54, 1.807) is 29.3 Å². The number of carbonyl (C=O) groups is 1.